The molecule has 52 heteroatoms. The largest absolute Gasteiger partial charge is 0.478 e. The number of halogens is 9. The number of aliphatic imine (C=N–C) groups is 4. The number of aromatic carboxylic acids is 8. The van der Waals surface area contributed by atoms with E-state index in [0.717, 1.165) is 0 Å². The predicted molar refractivity (Wildman–Crippen MR) is 519 cm³/mol. The molecule has 9 aromatic rings. The van der Waals surface area contributed by atoms with Crippen molar-refractivity contribution in [1.82, 2.24) is 44.4 Å². The lowest BCUT2D eigenvalue weighted by molar-refractivity contribution is 0.0680. The Hall–Kier alpha value is -13.4. The van der Waals surface area contributed by atoms with Gasteiger partial charge in [0, 0.05) is 62.9 Å². The normalized spacial score (nSPS) is 7.74. The average molecular weight is 1950 g/mol. The first kappa shape index (κ1) is 153. The van der Waals surface area contributed by atoms with Crippen LogP contribution in [-0.2, 0) is 0 Å². The van der Waals surface area contributed by atoms with Crippen LogP contribution in [0.25, 0.3) is 0 Å². The van der Waals surface area contributed by atoms with Crippen LogP contribution in [0.15, 0.2) is 191 Å². The number of nitrogens with two attached hydrogens (primary N) is 13. The van der Waals surface area contributed by atoms with Gasteiger partial charge in [-0.15, -0.1) is 112 Å². The van der Waals surface area contributed by atoms with E-state index in [0.29, 0.717) is 22.7 Å². The van der Waals surface area contributed by atoms with Crippen molar-refractivity contribution in [3.63, 3.8) is 0 Å². The van der Waals surface area contributed by atoms with E-state index < -0.39 is 47.8 Å². The van der Waals surface area contributed by atoms with Crippen LogP contribution in [0.2, 0.25) is 0 Å². The second-order valence-corrected chi connectivity index (χ2v) is 17.6. The number of nitrogens with one attached hydrogen (secondary N) is 1. The second kappa shape index (κ2) is 97.7. The molecule has 9 rings (SSSR count). The number of rotatable bonds is 12. The third kappa shape index (κ3) is 82.7. The van der Waals surface area contributed by atoms with E-state index in [9.17, 15) is 38.4 Å². The van der Waals surface area contributed by atoms with Gasteiger partial charge in [0.2, 0.25) is 0 Å². The Morgan fingerprint density at radius 1 is 0.312 bits per heavy atom. The number of anilines is 4. The number of aromatic nitrogens is 9. The number of nitrogens with zero attached hydrogens (tertiary/aromatic N) is 13. The van der Waals surface area contributed by atoms with Crippen molar-refractivity contribution in [2.75, 3.05) is 22.9 Å². The van der Waals surface area contributed by atoms with Gasteiger partial charge in [-0.25, -0.2) is 78.2 Å². The maximum absolute atomic E-state index is 10.5. The fourth-order valence-electron chi connectivity index (χ4n) is 5.78. The van der Waals surface area contributed by atoms with Crippen molar-refractivity contribution in [3.8, 4) is 0 Å². The smallest absolute Gasteiger partial charge is 0.354 e. The number of guanidine groups is 4. The summed E-state index contributed by atoms with van der Waals surface area (Å²) in [4.78, 5) is 126. The van der Waals surface area contributed by atoms with Gasteiger partial charge in [0.1, 0.15) is 23.0 Å². The zero-order valence-electron chi connectivity index (χ0n) is 71.0. The Bertz CT molecular complexity index is 3950. The molecule has 0 amide bonds. The van der Waals surface area contributed by atoms with Gasteiger partial charge in [-0.2, -0.15) is 9.98 Å². The van der Waals surface area contributed by atoms with E-state index in [-0.39, 0.29) is 211 Å². The third-order valence-electron chi connectivity index (χ3n) is 9.79. The molecule has 0 radical (unpaired) electrons. The SMILES string of the molecule is CC.CC.CC.CC.CC.CC.CC.CC.Cl.Cl.Cl.Cl.Cl.Cl.Cl.Cl.Cl.N=C(N)n1cccc1.NC(N)=Nc1cc(C(=O)O)ccn1.NC(N)=Nc1cccc(C(=O)O)n1.NC(N)=Nc1ccnc(C(=O)O)c1.NC(N)=Nc1cncc(C(=O)O)c1.Nc1cc(C(=O)O)ccn1.Nc1cccc(C(=O)O)n1.Nc1ccnc(C(=O)O)c1.Nc1cncc(C(=O)O)c1.[2HH]. The van der Waals surface area contributed by atoms with E-state index >= 15 is 0 Å². The Morgan fingerprint density at radius 2 is 0.664 bits per heavy atom. The number of carbonyl (C=O) groups is 8. The molecule has 35 N–H and O–H groups in total. The Balaban J connectivity index is -0.0000000633. The summed E-state index contributed by atoms with van der Waals surface area (Å²) in [6.45, 7) is 32.0. The monoisotopic (exact) mass is 1950 g/mol. The van der Waals surface area contributed by atoms with Crippen LogP contribution in [0.5, 0.6) is 0 Å². The van der Waals surface area contributed by atoms with E-state index in [1.54, 1.807) is 18.5 Å². The zero-order valence-corrected chi connectivity index (χ0v) is 78.4. The van der Waals surface area contributed by atoms with Crippen LogP contribution in [0.4, 0.5) is 46.0 Å². The van der Waals surface area contributed by atoms with Gasteiger partial charge in [-0.1, -0.05) is 123 Å². The van der Waals surface area contributed by atoms with Crippen LogP contribution < -0.4 is 74.5 Å². The highest BCUT2D eigenvalue weighted by Crippen LogP contribution is 2.14. The van der Waals surface area contributed by atoms with Gasteiger partial charge in [-0.3, -0.25) is 19.9 Å². The molecular weight excluding hydrogens is 1830 g/mol. The molecule has 0 aliphatic rings. The van der Waals surface area contributed by atoms with Gasteiger partial charge in [0.05, 0.1) is 45.5 Å². The number of carboxylic acid groups (broad SMARTS) is 8. The van der Waals surface area contributed by atoms with Gasteiger partial charge in [0.25, 0.3) is 0 Å². The first-order chi connectivity index (χ1) is 55.0. The van der Waals surface area contributed by atoms with Crippen molar-refractivity contribution in [2.24, 2.45) is 71.6 Å². The first-order valence-corrected chi connectivity index (χ1v) is 34.4. The molecule has 0 bridgehead atoms. The van der Waals surface area contributed by atoms with E-state index in [4.69, 9.17) is 121 Å². The maximum Gasteiger partial charge on any atom is 0.354 e. The lowest BCUT2D eigenvalue weighted by atomic mass is 10.3. The van der Waals surface area contributed by atoms with E-state index in [1.165, 1.54) is 145 Å². The summed E-state index contributed by atoms with van der Waals surface area (Å²) in [5, 5.41) is 74.9. The third-order valence-corrected chi connectivity index (χ3v) is 9.79. The summed E-state index contributed by atoms with van der Waals surface area (Å²) in [5.74, 6) is -8.20. The molecule has 125 heavy (non-hydrogen) atoms. The highest BCUT2D eigenvalue weighted by molar-refractivity contribution is 5.92. The van der Waals surface area contributed by atoms with Gasteiger partial charge >= 0.3 is 47.8 Å². The standard InChI is InChI=1S/4C7H8N4O2.4C6H6N2O2.C5H7N3.8C2H6.9ClH.H2/c8-7(9)11-5-1-4(6(12)13)2-10-3-5;8-7(9)11-4-1-2-10-5(3-4)6(12)13;8-7(9)11-5-3-4(6(12)13)1-2-10-5;8-7(9)11-5-3-1-2-4(10-5)6(12)13;7-5-1-4(6(9)10)2-8-3-5;7-4-1-2-8-5(3-4)6(9)10;7-5-3-4(6(9)10)1-2-8-5;7-5-3-1-2-4(8-5)6(9)10;6-5(7)8-3-1-2-4-8;8*1-2;;;;;;;;;;/h1-3H,(H,12,13)(H4,8,9,11);3*1-3H,(H,12,13)(H4,8,9,10,11);1-3H,7H2,(H,9,10);3*1-3H,(H2,7,8)(H,9,10);1-4H,(H3,6,7);8*1-2H3;10*1H/i;;;;;;;;;;;;;;;;;;;;;;;;;;1+1. The minimum absolute atomic E-state index is 0. The van der Waals surface area contributed by atoms with Crippen LogP contribution >= 0.6 is 112 Å². The maximum atomic E-state index is 10.5. The molecule has 0 atom stereocenters. The molecule has 0 aromatic carbocycles. The fourth-order valence-corrected chi connectivity index (χ4v) is 5.78. The molecule has 0 saturated heterocycles. The summed E-state index contributed by atoms with van der Waals surface area (Å²) in [6, 6.07) is 26.1. The van der Waals surface area contributed by atoms with Crippen LogP contribution in [0, 0.1) is 5.41 Å². The highest BCUT2D eigenvalue weighted by Gasteiger charge is 2.09. The summed E-state index contributed by atoms with van der Waals surface area (Å²) in [6.07, 6.45) is 14.0. The molecule has 708 valence electrons. The molecule has 0 aliphatic heterocycles. The highest BCUT2D eigenvalue weighted by atomic mass is 35.5. The molecule has 0 saturated carbocycles. The van der Waals surface area contributed by atoms with Crippen molar-refractivity contribution >= 4 is 235 Å². The minimum Gasteiger partial charge on any atom is -0.478 e. The van der Waals surface area contributed by atoms with Crippen LogP contribution in [0.3, 0.4) is 0 Å². The van der Waals surface area contributed by atoms with Gasteiger partial charge in [0.15, 0.2) is 52.8 Å². The van der Waals surface area contributed by atoms with Crippen LogP contribution in [-0.4, -0.2) is 163 Å². The van der Waals surface area contributed by atoms with E-state index in [1.807, 2.05) is 123 Å². The minimum atomic E-state index is -1.12. The summed E-state index contributed by atoms with van der Waals surface area (Å²) in [5.41, 5.74) is 68.5. The predicted octanol–water partition coefficient (Wildman–Crippen LogP) is 12.7. The average Bonchev–Trinajstić information content (AvgIpc) is 1.09. The molecule has 43 nitrogen and oxygen atoms in total. The Morgan fingerprint density at radius 3 is 1.00 bits per heavy atom. The number of pyridine rings is 8. The van der Waals surface area contributed by atoms with Crippen molar-refractivity contribution in [3.05, 3.63) is 216 Å². The molecule has 9 heterocycles. The first-order valence-electron chi connectivity index (χ1n) is 34.4. The Kier molecular flexibility index (Phi) is 119. The zero-order chi connectivity index (χ0) is 91.6. The number of carboxylic acids is 8. The molecule has 0 fully saturated rings. The summed E-state index contributed by atoms with van der Waals surface area (Å²) < 4.78 is 1.53. The number of nitrogen functional groups attached to an aromatic ring is 5. The lowest BCUT2D eigenvalue weighted by Gasteiger charge is -1.96. The van der Waals surface area contributed by atoms with Crippen molar-refractivity contribution in [2.45, 2.75) is 111 Å². The fraction of sp³-hybridized carbons (Fsp3) is 0.219. The lowest BCUT2D eigenvalue weighted by Crippen LogP contribution is -2.22. The molecule has 0 aliphatic carbocycles. The van der Waals surface area contributed by atoms with E-state index in [2.05, 4.69) is 59.8 Å². The molecular formula is C73H122Cl9N27O16. The number of hydrogen-bond donors (Lipinski definition) is 22. The van der Waals surface area contributed by atoms with Crippen molar-refractivity contribution < 1.29 is 80.6 Å². The molecule has 0 unspecified atom stereocenters. The van der Waals surface area contributed by atoms with Crippen LogP contribution in [0.1, 0.15) is 196 Å². The van der Waals surface area contributed by atoms with Gasteiger partial charge in [-0.05, 0) is 97.1 Å². The topological polar surface area (TPSA) is 818 Å². The summed E-state index contributed by atoms with van der Waals surface area (Å²) >= 11 is 0. The quantitative estimate of drug-likeness (QED) is 0.0399. The number of hydrogen-bond acceptors (Lipinski definition) is 25. The molecule has 9 aromatic heterocycles. The molecule has 0 spiro atoms. The van der Waals surface area contributed by atoms with Crippen molar-refractivity contribution in [1.29, 1.82) is 5.41 Å². The summed E-state index contributed by atoms with van der Waals surface area (Å²) in [7, 11) is 0. The second-order valence-electron chi connectivity index (χ2n) is 17.6. The van der Waals surface area contributed by atoms with Gasteiger partial charge < -0.3 is 115 Å². The Labute approximate surface area is 782 Å².